The maximum Gasteiger partial charge on any atom is 0.336 e. The van der Waals surface area contributed by atoms with Crippen LogP contribution in [0.5, 0.6) is 11.5 Å². The van der Waals surface area contributed by atoms with Gasteiger partial charge in [-0.2, -0.15) is 0 Å². The van der Waals surface area contributed by atoms with Crippen LogP contribution in [-0.2, 0) is 37.8 Å². The van der Waals surface area contributed by atoms with Crippen LogP contribution in [0.4, 0.5) is 10.5 Å². The van der Waals surface area contributed by atoms with Crippen molar-refractivity contribution in [3.05, 3.63) is 138 Å². The summed E-state index contributed by atoms with van der Waals surface area (Å²) in [4.78, 5) is 47.2. The third-order valence-electron chi connectivity index (χ3n) is 10.6. The number of nitrogens with zero attached hydrogens (tertiary/aromatic N) is 5. The maximum absolute atomic E-state index is 11.9. The lowest BCUT2D eigenvalue weighted by atomic mass is 9.99. The van der Waals surface area contributed by atoms with E-state index in [0.717, 1.165) is 86.4 Å². The first-order chi connectivity index (χ1) is 28.6. The summed E-state index contributed by atoms with van der Waals surface area (Å²) in [7, 11) is 4.02. The number of hydrogen-bond donors (Lipinski definition) is 2. The average molecular weight is 809 g/mol. The minimum Gasteiger partial charge on any atom is -0.492 e. The van der Waals surface area contributed by atoms with Crippen molar-refractivity contribution in [2.75, 3.05) is 25.1 Å². The smallest absolute Gasteiger partial charge is 0.336 e. The molecule has 8 rings (SSSR count). The van der Waals surface area contributed by atoms with Crippen LogP contribution in [-0.4, -0.2) is 66.8 Å². The largest absolute Gasteiger partial charge is 0.492 e. The van der Waals surface area contributed by atoms with Gasteiger partial charge in [0.05, 0.1) is 39.4 Å². The molecule has 1 atom stereocenters. The highest BCUT2D eigenvalue weighted by atomic mass is 32.2. The fourth-order valence-corrected chi connectivity index (χ4v) is 8.23. The number of aryl methyl sites for hydroxylation is 2. The first-order valence-corrected chi connectivity index (χ1v) is 20.4. The number of aromatic nitrogens is 4. The average Bonchev–Trinajstić information content (AvgIpc) is 3.87. The Morgan fingerprint density at radius 2 is 1.59 bits per heavy atom. The summed E-state index contributed by atoms with van der Waals surface area (Å²) in [6.45, 7) is 4.24. The minimum atomic E-state index is -0.937. The van der Waals surface area contributed by atoms with Crippen LogP contribution < -0.4 is 19.7 Å². The lowest BCUT2D eigenvalue weighted by Gasteiger charge is -2.19. The Morgan fingerprint density at radius 1 is 0.847 bits per heavy atom. The van der Waals surface area contributed by atoms with Gasteiger partial charge in [-0.05, 0) is 83.6 Å². The van der Waals surface area contributed by atoms with Gasteiger partial charge >= 0.3 is 5.97 Å². The zero-order chi connectivity index (χ0) is 41.0. The number of carboxylic acids is 1. The number of thioether (sulfide) groups is 1. The van der Waals surface area contributed by atoms with E-state index in [-0.39, 0.29) is 23.3 Å². The third kappa shape index (κ3) is 8.65. The van der Waals surface area contributed by atoms with Gasteiger partial charge in [0.15, 0.2) is 0 Å². The van der Waals surface area contributed by atoms with E-state index in [1.165, 1.54) is 0 Å². The van der Waals surface area contributed by atoms with Crippen LogP contribution >= 0.6 is 11.8 Å². The molecule has 13 heteroatoms. The number of likely N-dealkylation sites (N-methyl/N-ethyl adjacent to an activating group) is 1. The van der Waals surface area contributed by atoms with Crippen molar-refractivity contribution in [3.8, 4) is 22.6 Å². The number of anilines is 1. The van der Waals surface area contributed by atoms with Gasteiger partial charge in [-0.25, -0.2) is 14.8 Å². The first-order valence-electron chi connectivity index (χ1n) is 19.6. The van der Waals surface area contributed by atoms with E-state index >= 15 is 0 Å². The molecule has 1 aliphatic heterocycles. The molecule has 0 spiro atoms. The molecular weight excluding hydrogens is 765 g/mol. The Balaban J connectivity index is 0.875. The van der Waals surface area contributed by atoms with E-state index in [1.54, 1.807) is 12.1 Å². The number of imide groups is 1. The minimum absolute atomic E-state index is 0.246. The number of carbonyl (C=O) groups is 3. The van der Waals surface area contributed by atoms with Crippen LogP contribution in [0.15, 0.2) is 109 Å². The van der Waals surface area contributed by atoms with Crippen molar-refractivity contribution in [2.45, 2.75) is 44.6 Å². The summed E-state index contributed by atoms with van der Waals surface area (Å²) < 4.78 is 16.6. The molecule has 5 aromatic carbocycles. The summed E-state index contributed by atoms with van der Waals surface area (Å²) in [5.74, 6) is 2.07. The van der Waals surface area contributed by atoms with Crippen molar-refractivity contribution in [2.24, 2.45) is 7.05 Å². The molecule has 12 nitrogen and oxygen atoms in total. The summed E-state index contributed by atoms with van der Waals surface area (Å²) in [5, 5.41) is 11.3. The van der Waals surface area contributed by atoms with Gasteiger partial charge in [0.2, 0.25) is 5.91 Å². The topological polar surface area (TPSA) is 141 Å². The van der Waals surface area contributed by atoms with Crippen molar-refractivity contribution in [1.29, 1.82) is 0 Å². The molecule has 1 fully saturated rings. The number of carbonyl (C=O) groups excluding carboxylic acids is 2. The van der Waals surface area contributed by atoms with E-state index < -0.39 is 11.2 Å². The maximum atomic E-state index is 11.9. The highest BCUT2D eigenvalue weighted by Gasteiger charge is 2.31. The molecule has 1 saturated heterocycles. The van der Waals surface area contributed by atoms with Crippen LogP contribution in [0.2, 0.25) is 0 Å². The molecule has 3 heterocycles. The Kier molecular flexibility index (Phi) is 11.4. The normalized spacial score (nSPS) is 13.9. The number of ether oxygens (including phenoxy) is 2. The van der Waals surface area contributed by atoms with E-state index in [9.17, 15) is 19.5 Å². The molecule has 7 aromatic rings. The van der Waals surface area contributed by atoms with Crippen LogP contribution in [0.1, 0.15) is 46.5 Å². The van der Waals surface area contributed by atoms with E-state index in [4.69, 9.17) is 19.4 Å². The molecule has 0 radical (unpaired) electrons. The number of rotatable bonds is 16. The van der Waals surface area contributed by atoms with Crippen molar-refractivity contribution in [1.82, 2.24) is 24.4 Å². The van der Waals surface area contributed by atoms with E-state index in [2.05, 4.69) is 59.1 Å². The molecule has 1 aliphatic rings. The fraction of sp³-hybridized carbons (Fsp3) is 0.239. The molecule has 2 aromatic heterocycles. The van der Waals surface area contributed by atoms with Crippen LogP contribution in [0.25, 0.3) is 33.2 Å². The first kappa shape index (κ1) is 39.2. The molecule has 59 heavy (non-hydrogen) atoms. The zero-order valence-electron chi connectivity index (χ0n) is 33.1. The van der Waals surface area contributed by atoms with Gasteiger partial charge in [0.25, 0.3) is 5.24 Å². The third-order valence-corrected chi connectivity index (χ3v) is 11.6. The molecule has 0 bridgehead atoms. The Bertz CT molecular complexity index is 2670. The van der Waals surface area contributed by atoms with Gasteiger partial charge in [0, 0.05) is 38.8 Å². The number of aromatic carboxylic acids is 1. The number of nitrogens with one attached hydrogen (secondary N) is 1. The van der Waals surface area contributed by atoms with Gasteiger partial charge in [-0.15, -0.1) is 0 Å². The molecule has 2 amide bonds. The second kappa shape index (κ2) is 17.1. The highest BCUT2D eigenvalue weighted by Crippen LogP contribution is 2.29. The zero-order valence-corrected chi connectivity index (χ0v) is 33.9. The van der Waals surface area contributed by atoms with Gasteiger partial charge in [-0.1, -0.05) is 73.3 Å². The number of benzene rings is 5. The number of imidazole rings is 2. The number of amides is 2. The van der Waals surface area contributed by atoms with Crippen LogP contribution in [0.3, 0.4) is 0 Å². The van der Waals surface area contributed by atoms with Gasteiger partial charge in [0.1, 0.15) is 36.4 Å². The summed E-state index contributed by atoms with van der Waals surface area (Å²) in [5.41, 5.74) is 8.78. The second-order valence-corrected chi connectivity index (χ2v) is 15.8. The van der Waals surface area contributed by atoms with E-state index in [0.29, 0.717) is 37.4 Å². The second-order valence-electron chi connectivity index (χ2n) is 14.6. The molecule has 0 saturated carbocycles. The lowest BCUT2D eigenvalue weighted by molar-refractivity contribution is -0.118. The molecular formula is C46H44N6O6S. The number of hydrogen-bond acceptors (Lipinski definition) is 9. The highest BCUT2D eigenvalue weighted by molar-refractivity contribution is 8.15. The standard InChI is InChI=1S/C46H44N6O6S/c1-4-7-42-48-38-25-32(16-21-39(38)52(42)27-30-10-14-31(15-11-30)35-8-5-6-9-36(35)45(54)55)50(2)22-23-57-34-19-20-37-40(26-34)51(3)43(47-37)28-58-33-17-12-29(13-18-33)24-41-44(53)49-46(56)59-41/h5-6,8-21,25-26,41H,4,7,22-24,27-28H2,1-3H3,(H,54,55)(H,49,53,56). The van der Waals surface area contributed by atoms with Gasteiger partial charge in [-0.3, -0.25) is 14.9 Å². The number of fused-ring (bicyclic) bond motifs is 2. The van der Waals surface area contributed by atoms with E-state index in [1.807, 2.05) is 78.3 Å². The summed E-state index contributed by atoms with van der Waals surface area (Å²) in [6, 6.07) is 35.0. The summed E-state index contributed by atoms with van der Waals surface area (Å²) >= 11 is 1.03. The predicted octanol–water partition coefficient (Wildman–Crippen LogP) is 8.28. The molecule has 0 aliphatic carbocycles. The predicted molar refractivity (Wildman–Crippen MR) is 231 cm³/mol. The SMILES string of the molecule is CCCc1nc2cc(N(C)CCOc3ccc4nc(COc5ccc(CC6SC(=O)NC6=O)cc5)n(C)c4c3)ccc2n1Cc1ccc(-c2ccccc2C(=O)O)cc1. The Morgan fingerprint density at radius 3 is 2.34 bits per heavy atom. The molecule has 300 valence electrons. The van der Waals surface area contributed by atoms with Gasteiger partial charge < -0.3 is 28.6 Å². The van der Waals surface area contributed by atoms with Crippen molar-refractivity contribution >= 4 is 56.6 Å². The van der Waals surface area contributed by atoms with Crippen LogP contribution in [0, 0.1) is 0 Å². The Labute approximate surface area is 345 Å². The Hall–Kier alpha value is -6.60. The summed E-state index contributed by atoms with van der Waals surface area (Å²) in [6.07, 6.45) is 2.31. The fourth-order valence-electron chi connectivity index (χ4n) is 7.37. The lowest BCUT2D eigenvalue weighted by Crippen LogP contribution is -2.25. The molecule has 1 unspecified atom stereocenters. The number of carboxylic acid groups (broad SMARTS) is 1. The monoisotopic (exact) mass is 808 g/mol. The quantitative estimate of drug-likeness (QED) is 0.0980. The van der Waals surface area contributed by atoms with Crippen molar-refractivity contribution < 1.29 is 29.0 Å². The van der Waals surface area contributed by atoms with Crippen molar-refractivity contribution in [3.63, 3.8) is 0 Å². The molecule has 2 N–H and O–H groups in total.